The summed E-state index contributed by atoms with van der Waals surface area (Å²) >= 11 is 0. The van der Waals surface area contributed by atoms with Gasteiger partial charge in [-0.2, -0.15) is 0 Å². The van der Waals surface area contributed by atoms with Gasteiger partial charge in [0.05, 0.1) is 18.5 Å². The zero-order chi connectivity index (χ0) is 21.4. The van der Waals surface area contributed by atoms with Crippen molar-refractivity contribution in [1.82, 2.24) is 14.5 Å². The van der Waals surface area contributed by atoms with Crippen LogP contribution in [0.25, 0.3) is 22.1 Å². The van der Waals surface area contributed by atoms with Crippen LogP contribution in [0.4, 0.5) is 0 Å². The molecule has 3 heterocycles. The second kappa shape index (κ2) is 7.91. The maximum absolute atomic E-state index is 12.7. The summed E-state index contributed by atoms with van der Waals surface area (Å²) in [7, 11) is 0. The molecule has 30 heavy (non-hydrogen) atoms. The third kappa shape index (κ3) is 3.80. The number of aromatic nitrogens is 2. The normalized spacial score (nSPS) is 20.4. The largest absolute Gasteiger partial charge is 0.451 e. The molecule has 158 valence electrons. The highest BCUT2D eigenvalue weighted by atomic mass is 16.5. The minimum absolute atomic E-state index is 0.0758. The first-order valence-corrected chi connectivity index (χ1v) is 9.84. The van der Waals surface area contributed by atoms with E-state index in [0.717, 1.165) is 9.95 Å². The quantitative estimate of drug-likeness (QED) is 0.600. The fraction of sp³-hybridized carbons (Fsp3) is 0.429. The molecule has 1 fully saturated rings. The lowest BCUT2D eigenvalue weighted by Crippen LogP contribution is -2.51. The summed E-state index contributed by atoms with van der Waals surface area (Å²) in [4.78, 5) is 43.6. The first kappa shape index (κ1) is 20.1. The predicted molar refractivity (Wildman–Crippen MR) is 108 cm³/mol. The van der Waals surface area contributed by atoms with Crippen LogP contribution < -0.4 is 5.56 Å². The molecule has 9 nitrogen and oxygen atoms in total. The van der Waals surface area contributed by atoms with Gasteiger partial charge in [-0.15, -0.1) is 0 Å². The highest BCUT2D eigenvalue weighted by molar-refractivity contribution is 6.01. The molecule has 2 aromatic heterocycles. The minimum atomic E-state index is -0.964. The number of para-hydroxylation sites is 1. The summed E-state index contributed by atoms with van der Waals surface area (Å²) in [6.07, 6.45) is 0.154. The van der Waals surface area contributed by atoms with Crippen LogP contribution in [0, 0.1) is 0 Å². The molecule has 4 rings (SSSR count). The molecular weight excluding hydrogens is 390 g/mol. The lowest BCUT2D eigenvalue weighted by atomic mass is 10.2. The number of benzene rings is 1. The highest BCUT2D eigenvalue weighted by Gasteiger charge is 2.30. The molecule has 9 heteroatoms. The van der Waals surface area contributed by atoms with E-state index in [0.29, 0.717) is 24.2 Å². The topological polar surface area (TPSA) is 104 Å². The second-order valence-electron chi connectivity index (χ2n) is 7.59. The number of furan rings is 1. The fourth-order valence-corrected chi connectivity index (χ4v) is 3.77. The molecule has 0 N–H and O–H groups in total. The Hall–Kier alpha value is -3.20. The third-order valence-electron chi connectivity index (χ3n) is 5.04. The van der Waals surface area contributed by atoms with Gasteiger partial charge in [-0.25, -0.2) is 4.98 Å². The Morgan fingerprint density at radius 1 is 1.23 bits per heavy atom. The maximum atomic E-state index is 12.7. The third-order valence-corrected chi connectivity index (χ3v) is 5.04. The molecule has 3 atom stereocenters. The average molecular weight is 413 g/mol. The molecule has 0 spiro atoms. The van der Waals surface area contributed by atoms with E-state index in [1.807, 2.05) is 26.0 Å². The molecule has 0 saturated carbocycles. The number of fused-ring (bicyclic) bond motifs is 3. The zero-order valence-corrected chi connectivity index (χ0v) is 17.0. The summed E-state index contributed by atoms with van der Waals surface area (Å²) < 4.78 is 17.6. The number of carbonyl (C=O) groups is 2. The summed E-state index contributed by atoms with van der Waals surface area (Å²) in [6, 6.07) is 7.19. The maximum Gasteiger partial charge on any atom is 0.326 e. The van der Waals surface area contributed by atoms with E-state index in [9.17, 15) is 14.4 Å². The van der Waals surface area contributed by atoms with Crippen molar-refractivity contribution >= 4 is 33.9 Å². The minimum Gasteiger partial charge on any atom is -0.451 e. The molecule has 3 aromatic rings. The number of ether oxygens (including phenoxy) is 2. The smallest absolute Gasteiger partial charge is 0.326 e. The van der Waals surface area contributed by atoms with E-state index >= 15 is 0 Å². The molecule has 1 aliphatic heterocycles. The highest BCUT2D eigenvalue weighted by Crippen LogP contribution is 2.24. The SMILES string of the molecule is CC1CN(C(=O)C(C)OC(=O)Cn2cnc3c(oc4ccccc43)c2=O)CC(C)O1. The van der Waals surface area contributed by atoms with Crippen LogP contribution in [0.5, 0.6) is 0 Å². The number of carbonyl (C=O) groups excluding carboxylic acids is 2. The van der Waals surface area contributed by atoms with Gasteiger partial charge in [-0.05, 0) is 32.9 Å². The van der Waals surface area contributed by atoms with Gasteiger partial charge in [0, 0.05) is 18.5 Å². The van der Waals surface area contributed by atoms with Gasteiger partial charge in [0.1, 0.15) is 17.6 Å². The summed E-state index contributed by atoms with van der Waals surface area (Å²) in [5, 5.41) is 0.729. The first-order valence-electron chi connectivity index (χ1n) is 9.84. The lowest BCUT2D eigenvalue weighted by Gasteiger charge is -2.36. The summed E-state index contributed by atoms with van der Waals surface area (Å²) in [6.45, 7) is 5.82. The van der Waals surface area contributed by atoms with E-state index in [-0.39, 0.29) is 30.2 Å². The standard InChI is InChI=1S/C21H23N3O6/c1-12-8-23(9-13(2)28-12)20(26)14(3)29-17(25)10-24-11-22-18-15-6-4-5-7-16(15)30-19(18)21(24)27/h4-7,11-14H,8-10H2,1-3H3. The van der Waals surface area contributed by atoms with Gasteiger partial charge in [0.2, 0.25) is 5.58 Å². The Morgan fingerprint density at radius 3 is 2.67 bits per heavy atom. The van der Waals surface area contributed by atoms with Crippen LogP contribution in [0.3, 0.4) is 0 Å². The Morgan fingerprint density at radius 2 is 1.93 bits per heavy atom. The molecule has 1 amide bonds. The van der Waals surface area contributed by atoms with E-state index in [1.165, 1.54) is 13.3 Å². The van der Waals surface area contributed by atoms with Crippen molar-refractivity contribution in [2.45, 2.75) is 45.6 Å². The number of esters is 1. The van der Waals surface area contributed by atoms with Gasteiger partial charge >= 0.3 is 5.97 Å². The van der Waals surface area contributed by atoms with E-state index in [2.05, 4.69) is 4.98 Å². The van der Waals surface area contributed by atoms with Gasteiger partial charge in [-0.3, -0.25) is 19.0 Å². The number of rotatable bonds is 4. The Bertz CT molecular complexity index is 1160. The number of morpholine rings is 1. The van der Waals surface area contributed by atoms with Crippen molar-refractivity contribution in [3.63, 3.8) is 0 Å². The van der Waals surface area contributed by atoms with E-state index < -0.39 is 17.6 Å². The van der Waals surface area contributed by atoms with Crippen molar-refractivity contribution in [1.29, 1.82) is 0 Å². The summed E-state index contributed by atoms with van der Waals surface area (Å²) in [5.74, 6) is -0.992. The molecule has 0 radical (unpaired) electrons. The number of hydrogen-bond donors (Lipinski definition) is 0. The van der Waals surface area contributed by atoms with Crippen LogP contribution in [0.2, 0.25) is 0 Å². The van der Waals surface area contributed by atoms with Crippen LogP contribution in [-0.4, -0.2) is 57.7 Å². The van der Waals surface area contributed by atoms with Crippen molar-refractivity contribution in [3.05, 3.63) is 40.9 Å². The number of nitrogens with zero attached hydrogens (tertiary/aromatic N) is 3. The van der Waals surface area contributed by atoms with Crippen LogP contribution in [-0.2, 0) is 25.6 Å². The Balaban J connectivity index is 1.46. The van der Waals surface area contributed by atoms with Crippen molar-refractivity contribution < 1.29 is 23.5 Å². The Kier molecular flexibility index (Phi) is 5.29. The van der Waals surface area contributed by atoms with Crippen molar-refractivity contribution in [2.75, 3.05) is 13.1 Å². The van der Waals surface area contributed by atoms with Crippen LogP contribution >= 0.6 is 0 Å². The second-order valence-corrected chi connectivity index (χ2v) is 7.59. The molecule has 0 aliphatic carbocycles. The monoisotopic (exact) mass is 413 g/mol. The van der Waals surface area contributed by atoms with Crippen molar-refractivity contribution in [3.8, 4) is 0 Å². The van der Waals surface area contributed by atoms with Gasteiger partial charge < -0.3 is 18.8 Å². The first-order chi connectivity index (χ1) is 14.3. The van der Waals surface area contributed by atoms with Crippen LogP contribution in [0.15, 0.2) is 39.8 Å². The zero-order valence-electron chi connectivity index (χ0n) is 17.0. The average Bonchev–Trinajstić information content (AvgIpc) is 3.08. The van der Waals surface area contributed by atoms with Gasteiger partial charge in [0.25, 0.3) is 11.5 Å². The molecule has 3 unspecified atom stereocenters. The molecule has 1 aromatic carbocycles. The Labute approximate surface area is 172 Å². The molecule has 1 aliphatic rings. The molecule has 1 saturated heterocycles. The number of amides is 1. The number of hydrogen-bond acceptors (Lipinski definition) is 7. The van der Waals surface area contributed by atoms with Gasteiger partial charge in [0.15, 0.2) is 6.10 Å². The molecule has 0 bridgehead atoms. The predicted octanol–water partition coefficient (Wildman–Crippen LogP) is 1.71. The molecular formula is C21H23N3O6. The fourth-order valence-electron chi connectivity index (χ4n) is 3.77. The summed E-state index contributed by atoms with van der Waals surface area (Å²) in [5.41, 5.74) is 0.583. The van der Waals surface area contributed by atoms with Crippen LogP contribution in [0.1, 0.15) is 20.8 Å². The van der Waals surface area contributed by atoms with Crippen molar-refractivity contribution in [2.24, 2.45) is 0 Å². The van der Waals surface area contributed by atoms with E-state index in [4.69, 9.17) is 13.9 Å². The van der Waals surface area contributed by atoms with Gasteiger partial charge in [-0.1, -0.05) is 12.1 Å². The van der Waals surface area contributed by atoms with E-state index in [1.54, 1.807) is 17.0 Å². The lowest BCUT2D eigenvalue weighted by molar-refractivity contribution is -0.164.